The largest absolute Gasteiger partial charge is 0.335 e. The fraction of sp³-hybridized carbons (Fsp3) is 0.842. The van der Waals surface area contributed by atoms with Crippen molar-refractivity contribution < 1.29 is 0 Å². The number of aromatic nitrogens is 2. The number of nitrogens with zero attached hydrogens (tertiary/aromatic N) is 2. The van der Waals surface area contributed by atoms with E-state index in [1.54, 1.807) is 0 Å². The standard InChI is InChI=1S/C19H37N3/c1-3-5-6-7-8-9-10-11-12-14-19-21-18(4-2)17-22(19)16-13-15-20/h17H,3-16,20H2,1-2H3. The number of unbranched alkanes of at least 4 members (excludes halogenated alkanes) is 8. The van der Waals surface area contributed by atoms with Crippen LogP contribution in [-0.2, 0) is 19.4 Å². The first-order chi connectivity index (χ1) is 10.8. The van der Waals surface area contributed by atoms with Crippen molar-refractivity contribution in [3.63, 3.8) is 0 Å². The van der Waals surface area contributed by atoms with Gasteiger partial charge in [-0.1, -0.05) is 65.2 Å². The second-order valence-corrected chi connectivity index (χ2v) is 6.42. The number of aryl methyl sites for hydroxylation is 3. The molecule has 22 heavy (non-hydrogen) atoms. The maximum Gasteiger partial charge on any atom is 0.108 e. The van der Waals surface area contributed by atoms with Gasteiger partial charge in [-0.3, -0.25) is 0 Å². The number of imidazole rings is 1. The first-order valence-corrected chi connectivity index (χ1v) is 9.56. The van der Waals surface area contributed by atoms with Crippen molar-refractivity contribution >= 4 is 0 Å². The van der Waals surface area contributed by atoms with E-state index in [9.17, 15) is 0 Å². The van der Waals surface area contributed by atoms with E-state index in [1.807, 2.05) is 0 Å². The highest BCUT2D eigenvalue weighted by atomic mass is 15.1. The van der Waals surface area contributed by atoms with Crippen LogP contribution in [0.3, 0.4) is 0 Å². The summed E-state index contributed by atoms with van der Waals surface area (Å²) in [6, 6.07) is 0. The van der Waals surface area contributed by atoms with E-state index >= 15 is 0 Å². The number of nitrogens with two attached hydrogens (primary N) is 1. The van der Waals surface area contributed by atoms with Crippen molar-refractivity contribution in [3.05, 3.63) is 17.7 Å². The Bertz CT molecular complexity index is 371. The van der Waals surface area contributed by atoms with Crippen LogP contribution in [0.25, 0.3) is 0 Å². The molecule has 1 aromatic rings. The molecular weight excluding hydrogens is 270 g/mol. The first-order valence-electron chi connectivity index (χ1n) is 9.56. The van der Waals surface area contributed by atoms with Gasteiger partial charge in [-0.05, 0) is 25.8 Å². The maximum absolute atomic E-state index is 5.63. The molecule has 1 aromatic heterocycles. The Labute approximate surface area is 137 Å². The molecule has 128 valence electrons. The monoisotopic (exact) mass is 307 g/mol. The Morgan fingerprint density at radius 3 is 2.14 bits per heavy atom. The fourth-order valence-electron chi connectivity index (χ4n) is 2.93. The van der Waals surface area contributed by atoms with E-state index in [4.69, 9.17) is 10.7 Å². The Hall–Kier alpha value is -0.830. The summed E-state index contributed by atoms with van der Waals surface area (Å²) in [6.07, 6.45) is 17.9. The fourth-order valence-corrected chi connectivity index (χ4v) is 2.93. The molecule has 0 bridgehead atoms. The minimum Gasteiger partial charge on any atom is -0.335 e. The predicted molar refractivity (Wildman–Crippen MR) is 96.2 cm³/mol. The lowest BCUT2D eigenvalue weighted by molar-refractivity contribution is 0.552. The SMILES string of the molecule is CCCCCCCCCCCc1nc(CC)cn1CCCN. The molecule has 0 saturated carbocycles. The van der Waals surface area contributed by atoms with E-state index in [0.717, 1.165) is 32.4 Å². The quantitative estimate of drug-likeness (QED) is 0.498. The molecule has 2 N–H and O–H groups in total. The Kier molecular flexibility index (Phi) is 11.1. The number of hydrogen-bond acceptors (Lipinski definition) is 2. The second-order valence-electron chi connectivity index (χ2n) is 6.42. The number of rotatable bonds is 14. The van der Waals surface area contributed by atoms with Crippen molar-refractivity contribution in [1.82, 2.24) is 9.55 Å². The molecule has 3 heteroatoms. The zero-order valence-corrected chi connectivity index (χ0v) is 14.9. The minimum absolute atomic E-state index is 0.761. The van der Waals surface area contributed by atoms with Gasteiger partial charge >= 0.3 is 0 Å². The van der Waals surface area contributed by atoms with Crippen molar-refractivity contribution in [2.75, 3.05) is 6.54 Å². The topological polar surface area (TPSA) is 43.8 Å². The molecule has 0 aliphatic heterocycles. The predicted octanol–water partition coefficient (Wildman–Crippen LogP) is 4.87. The highest BCUT2D eigenvalue weighted by Gasteiger charge is 2.06. The summed E-state index contributed by atoms with van der Waals surface area (Å²) >= 11 is 0. The van der Waals surface area contributed by atoms with Crippen LogP contribution in [0.4, 0.5) is 0 Å². The Morgan fingerprint density at radius 2 is 1.55 bits per heavy atom. The first kappa shape index (κ1) is 19.2. The molecular formula is C19H37N3. The lowest BCUT2D eigenvalue weighted by Gasteiger charge is -2.07. The van der Waals surface area contributed by atoms with Crippen LogP contribution in [-0.4, -0.2) is 16.1 Å². The van der Waals surface area contributed by atoms with Crippen molar-refractivity contribution in [2.45, 2.75) is 97.4 Å². The molecule has 0 aliphatic carbocycles. The molecule has 0 radical (unpaired) electrons. The molecule has 1 rings (SSSR count). The Balaban J connectivity index is 2.16. The van der Waals surface area contributed by atoms with Crippen LogP contribution in [0, 0.1) is 0 Å². The number of hydrogen-bond donors (Lipinski definition) is 1. The van der Waals surface area contributed by atoms with Gasteiger partial charge in [0.25, 0.3) is 0 Å². The van der Waals surface area contributed by atoms with E-state index in [1.165, 1.54) is 69.3 Å². The third kappa shape index (κ3) is 7.98. The molecule has 0 spiro atoms. The zero-order chi connectivity index (χ0) is 16.0. The maximum atomic E-state index is 5.63. The van der Waals surface area contributed by atoms with E-state index < -0.39 is 0 Å². The molecule has 0 aromatic carbocycles. The third-order valence-electron chi connectivity index (χ3n) is 4.38. The van der Waals surface area contributed by atoms with Gasteiger partial charge in [0.05, 0.1) is 5.69 Å². The molecule has 0 aliphatic rings. The summed E-state index contributed by atoms with van der Waals surface area (Å²) in [5.41, 5.74) is 6.86. The van der Waals surface area contributed by atoms with Crippen molar-refractivity contribution in [1.29, 1.82) is 0 Å². The van der Waals surface area contributed by atoms with Gasteiger partial charge in [0.2, 0.25) is 0 Å². The van der Waals surface area contributed by atoms with Crippen molar-refractivity contribution in [2.24, 2.45) is 5.73 Å². The normalized spacial score (nSPS) is 11.2. The summed E-state index contributed by atoms with van der Waals surface area (Å²) in [5.74, 6) is 1.27. The van der Waals surface area contributed by atoms with Gasteiger partial charge in [0.1, 0.15) is 5.82 Å². The molecule has 0 fully saturated rings. The van der Waals surface area contributed by atoms with Gasteiger partial charge in [-0.25, -0.2) is 4.98 Å². The summed E-state index contributed by atoms with van der Waals surface area (Å²) in [6.45, 7) is 6.24. The van der Waals surface area contributed by atoms with Crippen LogP contribution in [0.15, 0.2) is 6.20 Å². The van der Waals surface area contributed by atoms with Gasteiger partial charge in [-0.15, -0.1) is 0 Å². The molecule has 0 saturated heterocycles. The van der Waals surface area contributed by atoms with Gasteiger partial charge in [-0.2, -0.15) is 0 Å². The van der Waals surface area contributed by atoms with Gasteiger partial charge in [0, 0.05) is 19.2 Å². The van der Waals surface area contributed by atoms with E-state index in [0.29, 0.717) is 0 Å². The average Bonchev–Trinajstić information content (AvgIpc) is 2.93. The van der Waals surface area contributed by atoms with E-state index in [2.05, 4.69) is 24.6 Å². The lowest BCUT2D eigenvalue weighted by Crippen LogP contribution is -2.08. The van der Waals surface area contributed by atoms with Crippen molar-refractivity contribution in [3.8, 4) is 0 Å². The molecule has 3 nitrogen and oxygen atoms in total. The Morgan fingerprint density at radius 1 is 0.909 bits per heavy atom. The molecule has 0 atom stereocenters. The minimum atomic E-state index is 0.761. The van der Waals surface area contributed by atoms with E-state index in [-0.39, 0.29) is 0 Å². The van der Waals surface area contributed by atoms with Crippen LogP contribution in [0.1, 0.15) is 89.6 Å². The average molecular weight is 308 g/mol. The van der Waals surface area contributed by atoms with Crippen LogP contribution in [0.5, 0.6) is 0 Å². The smallest absolute Gasteiger partial charge is 0.108 e. The summed E-state index contributed by atoms with van der Waals surface area (Å²) in [5, 5.41) is 0. The highest BCUT2D eigenvalue weighted by molar-refractivity contribution is 5.04. The highest BCUT2D eigenvalue weighted by Crippen LogP contribution is 2.13. The summed E-state index contributed by atoms with van der Waals surface area (Å²) in [4.78, 5) is 4.77. The molecule has 0 unspecified atom stereocenters. The molecule has 1 heterocycles. The summed E-state index contributed by atoms with van der Waals surface area (Å²) < 4.78 is 2.33. The van der Waals surface area contributed by atoms with Gasteiger partial charge < -0.3 is 10.3 Å². The zero-order valence-electron chi connectivity index (χ0n) is 14.9. The third-order valence-corrected chi connectivity index (χ3v) is 4.38. The lowest BCUT2D eigenvalue weighted by atomic mass is 10.1. The van der Waals surface area contributed by atoms with Crippen LogP contribution in [0.2, 0.25) is 0 Å². The second kappa shape index (κ2) is 12.7. The molecule has 0 amide bonds. The van der Waals surface area contributed by atoms with Crippen LogP contribution < -0.4 is 5.73 Å². The van der Waals surface area contributed by atoms with Crippen LogP contribution >= 0.6 is 0 Å². The van der Waals surface area contributed by atoms with Gasteiger partial charge in [0.15, 0.2) is 0 Å². The summed E-state index contributed by atoms with van der Waals surface area (Å²) in [7, 11) is 0.